The summed E-state index contributed by atoms with van der Waals surface area (Å²) in [6.07, 6.45) is 2.40. The fourth-order valence-corrected chi connectivity index (χ4v) is 2.15. The number of hydrogen-bond acceptors (Lipinski definition) is 2. The average molecular weight is 198 g/mol. The molecule has 13 heavy (non-hydrogen) atoms. The van der Waals surface area contributed by atoms with Gasteiger partial charge in [-0.1, -0.05) is 6.07 Å². The summed E-state index contributed by atoms with van der Waals surface area (Å²) >= 11 is 1.60. The van der Waals surface area contributed by atoms with Gasteiger partial charge in [0.1, 0.15) is 5.82 Å². The summed E-state index contributed by atoms with van der Waals surface area (Å²) in [5, 5.41) is 9.39. The minimum absolute atomic E-state index is 0.0920. The van der Waals surface area contributed by atoms with Crippen LogP contribution in [0.3, 0.4) is 0 Å². The summed E-state index contributed by atoms with van der Waals surface area (Å²) in [5.74, 6) is -0.205. The van der Waals surface area contributed by atoms with Crippen LogP contribution in [0.15, 0.2) is 23.1 Å². The van der Waals surface area contributed by atoms with Gasteiger partial charge in [0, 0.05) is 10.1 Å². The lowest BCUT2D eigenvalue weighted by Crippen LogP contribution is -1.88. The molecule has 3 heteroatoms. The molecule has 0 atom stereocenters. The maximum absolute atomic E-state index is 13.3. The van der Waals surface area contributed by atoms with Crippen LogP contribution in [-0.4, -0.2) is 10.4 Å². The molecule has 1 aromatic rings. The lowest BCUT2D eigenvalue weighted by Gasteiger charge is -2.02. The van der Waals surface area contributed by atoms with Gasteiger partial charge >= 0.3 is 0 Å². The average Bonchev–Trinajstić information content (AvgIpc) is 2.92. The summed E-state index contributed by atoms with van der Waals surface area (Å²) in [4.78, 5) is 0.708. The Labute approximate surface area is 81.0 Å². The van der Waals surface area contributed by atoms with Crippen molar-refractivity contribution >= 4 is 11.8 Å². The quantitative estimate of drug-likeness (QED) is 0.805. The zero-order chi connectivity index (χ0) is 9.26. The highest BCUT2D eigenvalue weighted by Gasteiger charge is 2.23. The minimum atomic E-state index is -0.205. The van der Waals surface area contributed by atoms with Crippen LogP contribution in [0.4, 0.5) is 4.39 Å². The van der Waals surface area contributed by atoms with E-state index >= 15 is 0 Å². The second kappa shape index (κ2) is 3.68. The van der Waals surface area contributed by atoms with Crippen molar-refractivity contribution in [1.82, 2.24) is 0 Å². The van der Waals surface area contributed by atoms with E-state index in [0.717, 1.165) is 0 Å². The van der Waals surface area contributed by atoms with Crippen LogP contribution in [0.5, 0.6) is 0 Å². The molecule has 1 N–H and O–H groups in total. The molecule has 0 aliphatic heterocycles. The number of benzene rings is 1. The van der Waals surface area contributed by atoms with Crippen molar-refractivity contribution in [1.29, 1.82) is 0 Å². The number of thioether (sulfide) groups is 1. The first-order valence-corrected chi connectivity index (χ1v) is 5.23. The van der Waals surface area contributed by atoms with E-state index in [4.69, 9.17) is 5.11 Å². The third-order valence-corrected chi connectivity index (χ3v) is 3.39. The van der Waals surface area contributed by atoms with Crippen LogP contribution in [0, 0.1) is 5.82 Å². The molecule has 0 bridgehead atoms. The van der Waals surface area contributed by atoms with E-state index in [1.165, 1.54) is 18.9 Å². The highest BCUT2D eigenvalue weighted by atomic mass is 32.2. The number of rotatable bonds is 3. The molecule has 1 fully saturated rings. The summed E-state index contributed by atoms with van der Waals surface area (Å²) in [7, 11) is 0. The Morgan fingerprint density at radius 3 is 2.77 bits per heavy atom. The van der Waals surface area contributed by atoms with Crippen LogP contribution in [0.25, 0.3) is 0 Å². The number of aliphatic hydroxyl groups is 1. The Balaban J connectivity index is 2.15. The van der Waals surface area contributed by atoms with Crippen LogP contribution >= 0.6 is 11.8 Å². The molecule has 0 heterocycles. The lowest BCUT2D eigenvalue weighted by molar-refractivity contribution is 0.281. The molecular weight excluding hydrogens is 187 g/mol. The van der Waals surface area contributed by atoms with Gasteiger partial charge in [0.25, 0.3) is 0 Å². The first-order valence-electron chi connectivity index (χ1n) is 4.35. The Morgan fingerprint density at radius 2 is 2.23 bits per heavy atom. The third kappa shape index (κ3) is 2.23. The highest BCUT2D eigenvalue weighted by molar-refractivity contribution is 8.00. The molecule has 1 aromatic carbocycles. The van der Waals surface area contributed by atoms with Gasteiger partial charge < -0.3 is 5.11 Å². The standard InChI is InChI=1S/C10H11FOS/c11-9-5-7(6-12)1-4-10(9)13-8-2-3-8/h1,4-5,8,12H,2-3,6H2. The molecule has 1 saturated carbocycles. The Bertz CT molecular complexity index is 310. The zero-order valence-electron chi connectivity index (χ0n) is 7.16. The van der Waals surface area contributed by atoms with Gasteiger partial charge in [-0.3, -0.25) is 0 Å². The number of hydrogen-bond donors (Lipinski definition) is 1. The number of aliphatic hydroxyl groups excluding tert-OH is 1. The van der Waals surface area contributed by atoms with Crippen LogP contribution < -0.4 is 0 Å². The Hall–Kier alpha value is -0.540. The highest BCUT2D eigenvalue weighted by Crippen LogP contribution is 2.40. The van der Waals surface area contributed by atoms with E-state index in [1.807, 2.05) is 0 Å². The molecule has 70 valence electrons. The molecule has 1 nitrogen and oxygen atoms in total. The van der Waals surface area contributed by atoms with E-state index in [2.05, 4.69) is 0 Å². The Morgan fingerprint density at radius 1 is 1.46 bits per heavy atom. The first-order chi connectivity index (χ1) is 6.29. The molecule has 1 aliphatic carbocycles. The molecule has 1 aliphatic rings. The predicted octanol–water partition coefficient (Wildman–Crippen LogP) is 2.57. The van der Waals surface area contributed by atoms with Crippen molar-refractivity contribution in [3.63, 3.8) is 0 Å². The largest absolute Gasteiger partial charge is 0.392 e. The zero-order valence-corrected chi connectivity index (χ0v) is 7.98. The van der Waals surface area contributed by atoms with Gasteiger partial charge in [-0.2, -0.15) is 0 Å². The normalized spacial score (nSPS) is 16.2. The second-order valence-electron chi connectivity index (χ2n) is 3.24. The maximum atomic E-state index is 13.3. The van der Waals surface area contributed by atoms with Gasteiger partial charge in [0.05, 0.1) is 6.61 Å². The van der Waals surface area contributed by atoms with E-state index in [0.29, 0.717) is 15.7 Å². The summed E-state index contributed by atoms with van der Waals surface area (Å²) in [6.45, 7) is -0.0920. The van der Waals surface area contributed by atoms with Crippen molar-refractivity contribution in [3.05, 3.63) is 29.6 Å². The van der Waals surface area contributed by atoms with E-state index in [-0.39, 0.29) is 12.4 Å². The van der Waals surface area contributed by atoms with Crippen LogP contribution in [0.1, 0.15) is 18.4 Å². The third-order valence-electron chi connectivity index (χ3n) is 2.00. The molecular formula is C10H11FOS. The van der Waals surface area contributed by atoms with Gasteiger partial charge in [0.2, 0.25) is 0 Å². The van der Waals surface area contributed by atoms with Crippen molar-refractivity contribution in [3.8, 4) is 0 Å². The first kappa shape index (κ1) is 9.03. The summed E-state index contributed by atoms with van der Waals surface area (Å²) in [6, 6.07) is 4.93. The van der Waals surface area contributed by atoms with Gasteiger partial charge in [-0.05, 0) is 30.5 Å². The smallest absolute Gasteiger partial charge is 0.137 e. The van der Waals surface area contributed by atoms with E-state index < -0.39 is 0 Å². The molecule has 0 aromatic heterocycles. The van der Waals surface area contributed by atoms with E-state index in [9.17, 15) is 4.39 Å². The summed E-state index contributed by atoms with van der Waals surface area (Å²) < 4.78 is 13.3. The van der Waals surface area contributed by atoms with Gasteiger partial charge in [-0.25, -0.2) is 4.39 Å². The molecule has 0 unspecified atom stereocenters. The fourth-order valence-electron chi connectivity index (χ4n) is 1.10. The number of halogens is 1. The van der Waals surface area contributed by atoms with Crippen molar-refractivity contribution < 1.29 is 9.50 Å². The minimum Gasteiger partial charge on any atom is -0.392 e. The van der Waals surface area contributed by atoms with Crippen molar-refractivity contribution in [2.75, 3.05) is 0 Å². The van der Waals surface area contributed by atoms with Gasteiger partial charge in [0.15, 0.2) is 0 Å². The van der Waals surface area contributed by atoms with Crippen molar-refractivity contribution in [2.24, 2.45) is 0 Å². The monoisotopic (exact) mass is 198 g/mol. The molecule has 2 rings (SSSR count). The fraction of sp³-hybridized carbons (Fsp3) is 0.400. The molecule has 0 radical (unpaired) electrons. The predicted molar refractivity (Wildman–Crippen MR) is 51.2 cm³/mol. The molecule has 0 amide bonds. The second-order valence-corrected chi connectivity index (χ2v) is 4.58. The SMILES string of the molecule is OCc1ccc(SC2CC2)c(F)c1. The Kier molecular flexibility index (Phi) is 2.56. The topological polar surface area (TPSA) is 20.2 Å². The molecule has 0 spiro atoms. The van der Waals surface area contributed by atoms with Crippen LogP contribution in [-0.2, 0) is 6.61 Å². The van der Waals surface area contributed by atoms with Gasteiger partial charge in [-0.15, -0.1) is 11.8 Å². The van der Waals surface area contributed by atoms with E-state index in [1.54, 1.807) is 23.9 Å². The molecule has 0 saturated heterocycles. The lowest BCUT2D eigenvalue weighted by atomic mass is 10.2. The summed E-state index contributed by atoms with van der Waals surface area (Å²) in [5.41, 5.74) is 0.637. The maximum Gasteiger partial charge on any atom is 0.137 e. The van der Waals surface area contributed by atoms with Crippen LogP contribution in [0.2, 0.25) is 0 Å². The van der Waals surface area contributed by atoms with Crippen molar-refractivity contribution in [2.45, 2.75) is 29.6 Å².